The quantitative estimate of drug-likeness (QED) is 0.325. The van der Waals surface area contributed by atoms with E-state index >= 15 is 0 Å². The van der Waals surface area contributed by atoms with E-state index in [2.05, 4.69) is 47.6 Å². The van der Waals surface area contributed by atoms with Gasteiger partial charge in [-0.2, -0.15) is 0 Å². The minimum Gasteiger partial charge on any atom is -0.145 e. The fourth-order valence-electron chi connectivity index (χ4n) is 2.86. The van der Waals surface area contributed by atoms with E-state index in [-0.39, 0.29) is 0 Å². The van der Waals surface area contributed by atoms with Crippen molar-refractivity contribution in [2.75, 3.05) is 0 Å². The van der Waals surface area contributed by atoms with Gasteiger partial charge in [-0.25, -0.2) is 0 Å². The van der Waals surface area contributed by atoms with Crippen molar-refractivity contribution in [2.24, 2.45) is 5.18 Å². The van der Waals surface area contributed by atoms with Crippen LogP contribution in [0.25, 0.3) is 32.3 Å². The van der Waals surface area contributed by atoms with E-state index in [4.69, 9.17) is 0 Å². The standard InChI is InChI=1S/C18H11NO/c20-19-14-8-5-13-7-9-16-15-4-2-1-3-12(15)6-10-17(16)18(13)11-14/h1-11H. The molecular weight excluding hydrogens is 246 g/mol. The minimum atomic E-state index is 0.471. The average Bonchev–Trinajstić information content (AvgIpc) is 2.53. The van der Waals surface area contributed by atoms with Gasteiger partial charge in [0.1, 0.15) is 5.69 Å². The molecule has 0 aromatic heterocycles. The second-order valence-corrected chi connectivity index (χ2v) is 4.94. The van der Waals surface area contributed by atoms with Crippen LogP contribution in [0.5, 0.6) is 0 Å². The normalized spacial score (nSPS) is 11.2. The molecule has 0 fully saturated rings. The highest BCUT2D eigenvalue weighted by atomic mass is 16.3. The monoisotopic (exact) mass is 257 g/mol. The molecule has 0 radical (unpaired) electrons. The van der Waals surface area contributed by atoms with Crippen molar-refractivity contribution >= 4 is 38.0 Å². The van der Waals surface area contributed by atoms with Gasteiger partial charge in [0.25, 0.3) is 0 Å². The smallest absolute Gasteiger partial charge is 0.108 e. The highest BCUT2D eigenvalue weighted by molar-refractivity contribution is 6.17. The fourth-order valence-corrected chi connectivity index (χ4v) is 2.86. The topological polar surface area (TPSA) is 29.4 Å². The van der Waals surface area contributed by atoms with Crippen LogP contribution in [0.3, 0.4) is 0 Å². The zero-order chi connectivity index (χ0) is 13.5. The van der Waals surface area contributed by atoms with E-state index < -0.39 is 0 Å². The van der Waals surface area contributed by atoms with Gasteiger partial charge in [-0.3, -0.25) is 0 Å². The number of nitrogens with zero attached hydrogens (tertiary/aromatic N) is 1. The first-order valence-electron chi connectivity index (χ1n) is 6.54. The Hall–Kier alpha value is -2.74. The van der Waals surface area contributed by atoms with Gasteiger partial charge in [-0.1, -0.05) is 54.6 Å². The molecule has 0 saturated heterocycles. The zero-order valence-corrected chi connectivity index (χ0v) is 10.7. The van der Waals surface area contributed by atoms with Crippen LogP contribution < -0.4 is 0 Å². The molecule has 0 N–H and O–H groups in total. The maximum atomic E-state index is 10.7. The predicted octanol–water partition coefficient (Wildman–Crippen LogP) is 5.54. The molecule has 0 spiro atoms. The molecule has 0 heterocycles. The van der Waals surface area contributed by atoms with Crippen molar-refractivity contribution in [3.8, 4) is 0 Å². The lowest BCUT2D eigenvalue weighted by Crippen LogP contribution is -1.80. The summed E-state index contributed by atoms with van der Waals surface area (Å²) in [5.41, 5.74) is 0.471. The summed E-state index contributed by atoms with van der Waals surface area (Å²) < 4.78 is 0. The number of rotatable bonds is 1. The summed E-state index contributed by atoms with van der Waals surface area (Å²) in [5, 5.41) is 10.1. The number of hydrogen-bond donors (Lipinski definition) is 0. The van der Waals surface area contributed by atoms with Crippen LogP contribution >= 0.6 is 0 Å². The number of nitroso groups, excluding NO2 is 1. The molecule has 2 nitrogen and oxygen atoms in total. The lowest BCUT2D eigenvalue weighted by atomic mass is 9.97. The van der Waals surface area contributed by atoms with Crippen molar-refractivity contribution in [3.63, 3.8) is 0 Å². The summed E-state index contributed by atoms with van der Waals surface area (Å²) in [5.74, 6) is 0. The Bertz CT molecular complexity index is 973. The third-order valence-electron chi connectivity index (χ3n) is 3.83. The Kier molecular flexibility index (Phi) is 2.30. The number of hydrogen-bond acceptors (Lipinski definition) is 2. The average molecular weight is 257 g/mol. The molecule has 0 aliphatic carbocycles. The molecule has 0 unspecified atom stereocenters. The highest BCUT2D eigenvalue weighted by Crippen LogP contribution is 2.32. The van der Waals surface area contributed by atoms with Crippen LogP contribution in [0, 0.1) is 4.91 Å². The van der Waals surface area contributed by atoms with Crippen LogP contribution in [-0.4, -0.2) is 0 Å². The van der Waals surface area contributed by atoms with Gasteiger partial charge < -0.3 is 0 Å². The Morgan fingerprint density at radius 2 is 1.25 bits per heavy atom. The summed E-state index contributed by atoms with van der Waals surface area (Å²) in [6.07, 6.45) is 0. The second kappa shape index (κ2) is 4.14. The second-order valence-electron chi connectivity index (χ2n) is 4.94. The molecule has 4 aromatic rings. The SMILES string of the molecule is O=Nc1ccc2ccc3c4ccccc4ccc3c2c1. The van der Waals surface area contributed by atoms with Crippen molar-refractivity contribution < 1.29 is 0 Å². The highest BCUT2D eigenvalue weighted by Gasteiger charge is 2.05. The van der Waals surface area contributed by atoms with Crippen LogP contribution in [0.15, 0.2) is 71.9 Å². The van der Waals surface area contributed by atoms with E-state index in [0.717, 1.165) is 16.2 Å². The van der Waals surface area contributed by atoms with Crippen LogP contribution in [0.4, 0.5) is 5.69 Å². The lowest BCUT2D eigenvalue weighted by Gasteiger charge is -2.07. The molecule has 0 atom stereocenters. The Balaban J connectivity index is 2.24. The molecule has 0 aliphatic rings. The zero-order valence-electron chi connectivity index (χ0n) is 10.7. The summed E-state index contributed by atoms with van der Waals surface area (Å²) in [7, 11) is 0. The first kappa shape index (κ1) is 11.1. The van der Waals surface area contributed by atoms with Crippen LogP contribution in [-0.2, 0) is 0 Å². The Morgan fingerprint density at radius 1 is 0.600 bits per heavy atom. The van der Waals surface area contributed by atoms with Crippen molar-refractivity contribution in [3.05, 3.63) is 71.6 Å². The van der Waals surface area contributed by atoms with Crippen LogP contribution in [0.2, 0.25) is 0 Å². The van der Waals surface area contributed by atoms with Crippen molar-refractivity contribution in [2.45, 2.75) is 0 Å². The van der Waals surface area contributed by atoms with E-state index in [0.29, 0.717) is 5.69 Å². The summed E-state index contributed by atoms with van der Waals surface area (Å²) in [6, 6.07) is 22.4. The van der Waals surface area contributed by atoms with E-state index in [1.807, 2.05) is 18.2 Å². The summed E-state index contributed by atoms with van der Waals surface area (Å²) >= 11 is 0. The molecule has 0 amide bonds. The summed E-state index contributed by atoms with van der Waals surface area (Å²) in [4.78, 5) is 10.7. The number of fused-ring (bicyclic) bond motifs is 5. The summed E-state index contributed by atoms with van der Waals surface area (Å²) in [6.45, 7) is 0. The third-order valence-corrected chi connectivity index (χ3v) is 3.83. The molecule has 2 heteroatoms. The van der Waals surface area contributed by atoms with Gasteiger partial charge in [0, 0.05) is 0 Å². The lowest BCUT2D eigenvalue weighted by molar-refractivity contribution is 1.52. The fraction of sp³-hybridized carbons (Fsp3) is 0. The van der Waals surface area contributed by atoms with Crippen molar-refractivity contribution in [1.82, 2.24) is 0 Å². The molecule has 94 valence electrons. The first-order valence-corrected chi connectivity index (χ1v) is 6.54. The molecule has 4 aromatic carbocycles. The largest absolute Gasteiger partial charge is 0.145 e. The molecule has 4 rings (SSSR count). The molecule has 0 bridgehead atoms. The maximum absolute atomic E-state index is 10.7. The van der Waals surface area contributed by atoms with Gasteiger partial charge in [0.15, 0.2) is 0 Å². The maximum Gasteiger partial charge on any atom is 0.108 e. The van der Waals surface area contributed by atoms with Gasteiger partial charge in [0.05, 0.1) is 0 Å². The van der Waals surface area contributed by atoms with Gasteiger partial charge in [0.2, 0.25) is 0 Å². The van der Waals surface area contributed by atoms with Crippen LogP contribution in [0.1, 0.15) is 0 Å². The van der Waals surface area contributed by atoms with Gasteiger partial charge >= 0.3 is 0 Å². The number of benzene rings is 4. The Morgan fingerprint density at radius 3 is 2.05 bits per heavy atom. The predicted molar refractivity (Wildman–Crippen MR) is 84.4 cm³/mol. The molecule has 0 aliphatic heterocycles. The van der Waals surface area contributed by atoms with E-state index in [1.54, 1.807) is 6.07 Å². The molecule has 0 saturated carbocycles. The molecular formula is C18H11NO. The van der Waals surface area contributed by atoms with Gasteiger partial charge in [-0.05, 0) is 49.6 Å². The van der Waals surface area contributed by atoms with E-state index in [9.17, 15) is 4.91 Å². The first-order chi connectivity index (χ1) is 9.86. The third kappa shape index (κ3) is 1.51. The van der Waals surface area contributed by atoms with Gasteiger partial charge in [-0.15, -0.1) is 4.91 Å². The molecule has 20 heavy (non-hydrogen) atoms. The van der Waals surface area contributed by atoms with E-state index in [1.165, 1.54) is 16.2 Å². The Labute approximate surface area is 115 Å². The van der Waals surface area contributed by atoms with Crippen molar-refractivity contribution in [1.29, 1.82) is 0 Å². The minimum absolute atomic E-state index is 0.471.